The Labute approximate surface area is 348 Å². The standard InChI is InChI=1S/C44H34Cl2N8O5/c45-37-17-35-41(32(39(37)55)25-53(21-27-7-3-5-11-49-27)23-29-19-47-13-15-51-29)58-42-33(26-54(22-28-8-4-6-12-50-28)24-30-20-48-14-16-52-30)40(56)38(46)18-36(42)44(35)34-10-2-1-9-31(34)43(57)59-44/h1-20,55-56H,21-26H2. The summed E-state index contributed by atoms with van der Waals surface area (Å²) >= 11 is 13.9. The van der Waals surface area contributed by atoms with Crippen molar-refractivity contribution in [1.29, 1.82) is 0 Å². The van der Waals surface area contributed by atoms with Gasteiger partial charge in [0.2, 0.25) is 0 Å². The topological polar surface area (TPSA) is 160 Å². The van der Waals surface area contributed by atoms with Crippen LogP contribution in [0.4, 0.5) is 0 Å². The number of halogens is 2. The maximum atomic E-state index is 13.9. The lowest BCUT2D eigenvalue weighted by Gasteiger charge is -2.39. The van der Waals surface area contributed by atoms with Gasteiger partial charge in [-0.25, -0.2) is 4.79 Å². The smallest absolute Gasteiger partial charge is 0.340 e. The van der Waals surface area contributed by atoms with Crippen molar-refractivity contribution in [1.82, 2.24) is 39.7 Å². The van der Waals surface area contributed by atoms with E-state index in [1.165, 1.54) is 0 Å². The van der Waals surface area contributed by atoms with Crippen LogP contribution < -0.4 is 4.74 Å². The van der Waals surface area contributed by atoms with Crippen molar-refractivity contribution in [3.63, 3.8) is 0 Å². The molecule has 0 saturated carbocycles. The first kappa shape index (κ1) is 38.0. The first-order chi connectivity index (χ1) is 28.8. The summed E-state index contributed by atoms with van der Waals surface area (Å²) in [6.07, 6.45) is 13.2. The van der Waals surface area contributed by atoms with Gasteiger partial charge in [0.25, 0.3) is 0 Å². The zero-order chi connectivity index (χ0) is 40.5. The van der Waals surface area contributed by atoms with Crippen LogP contribution in [0, 0.1) is 0 Å². The Morgan fingerprint density at radius 1 is 0.559 bits per heavy atom. The quantitative estimate of drug-likeness (QED) is 0.115. The van der Waals surface area contributed by atoms with Crippen molar-refractivity contribution in [2.45, 2.75) is 44.9 Å². The van der Waals surface area contributed by atoms with Crippen molar-refractivity contribution in [2.24, 2.45) is 0 Å². The van der Waals surface area contributed by atoms with Crippen molar-refractivity contribution in [3.8, 4) is 23.0 Å². The van der Waals surface area contributed by atoms with E-state index < -0.39 is 11.6 Å². The molecule has 1 spiro atoms. The number of rotatable bonds is 12. The first-order valence-electron chi connectivity index (χ1n) is 18.6. The molecule has 59 heavy (non-hydrogen) atoms. The number of aromatic nitrogens is 6. The number of phenolic OH excluding ortho intramolecular Hbond substituents is 2. The zero-order valence-corrected chi connectivity index (χ0v) is 32.8. The SMILES string of the molecule is O=C1OC2(c3ccccc31)c1cc(Cl)c(O)c(CN(Cc3ccccn3)Cc3cnccn3)c1Oc1c2cc(Cl)c(O)c1CN(Cc1ccccn1)Cc1cnccn1. The van der Waals surface area contributed by atoms with Crippen LogP contribution in [0.15, 0.2) is 122 Å². The molecule has 2 N–H and O–H groups in total. The number of hydrogen-bond acceptors (Lipinski definition) is 13. The molecule has 13 nitrogen and oxygen atoms in total. The molecule has 0 aliphatic carbocycles. The van der Waals surface area contributed by atoms with E-state index in [-0.39, 0.29) is 46.1 Å². The zero-order valence-electron chi connectivity index (χ0n) is 31.2. The number of benzene rings is 3. The second-order valence-corrected chi connectivity index (χ2v) is 15.0. The van der Waals surface area contributed by atoms with Crippen molar-refractivity contribution >= 4 is 29.2 Å². The van der Waals surface area contributed by atoms with E-state index in [9.17, 15) is 15.0 Å². The maximum Gasteiger partial charge on any atom is 0.340 e. The third-order valence-corrected chi connectivity index (χ3v) is 10.9. The molecule has 9 rings (SSSR count). The molecule has 0 saturated heterocycles. The summed E-state index contributed by atoms with van der Waals surface area (Å²) in [5.74, 6) is -0.642. The average Bonchev–Trinajstić information content (AvgIpc) is 3.55. The lowest BCUT2D eigenvalue weighted by molar-refractivity contribution is 0.0221. The van der Waals surface area contributed by atoms with Crippen LogP contribution >= 0.6 is 23.2 Å². The molecule has 0 atom stereocenters. The molecular formula is C44H34Cl2N8O5. The van der Waals surface area contributed by atoms with Crippen LogP contribution in [-0.2, 0) is 49.6 Å². The van der Waals surface area contributed by atoms with Crippen LogP contribution in [0.5, 0.6) is 23.0 Å². The number of esters is 1. The van der Waals surface area contributed by atoms with E-state index in [4.69, 9.17) is 32.7 Å². The molecule has 4 aromatic heterocycles. The number of hydrogen-bond donors (Lipinski definition) is 2. The number of ether oxygens (including phenoxy) is 2. The van der Waals surface area contributed by atoms with Gasteiger partial charge in [-0.2, -0.15) is 0 Å². The molecule has 0 unspecified atom stereocenters. The minimum absolute atomic E-state index is 0.0125. The van der Waals surface area contributed by atoms with Gasteiger partial charge in [0, 0.05) is 106 Å². The molecular weight excluding hydrogens is 791 g/mol. The minimum Gasteiger partial charge on any atom is -0.506 e. The highest BCUT2D eigenvalue weighted by molar-refractivity contribution is 6.33. The summed E-state index contributed by atoms with van der Waals surface area (Å²) in [5.41, 5.74) is 3.46. The third kappa shape index (κ3) is 7.29. The molecule has 7 aromatic rings. The fourth-order valence-electron chi connectivity index (χ4n) is 7.77. The van der Waals surface area contributed by atoms with E-state index in [1.54, 1.807) is 73.8 Å². The van der Waals surface area contributed by atoms with Gasteiger partial charge in [0.05, 0.1) is 49.5 Å². The maximum absolute atomic E-state index is 13.9. The minimum atomic E-state index is -1.65. The second-order valence-electron chi connectivity index (χ2n) is 14.2. The highest BCUT2D eigenvalue weighted by atomic mass is 35.5. The second kappa shape index (κ2) is 16.0. The molecule has 2 aliphatic rings. The number of nitrogens with zero attached hydrogens (tertiary/aromatic N) is 8. The number of pyridine rings is 2. The van der Waals surface area contributed by atoms with Crippen molar-refractivity contribution in [2.75, 3.05) is 0 Å². The Hall–Kier alpha value is -6.51. The summed E-state index contributed by atoms with van der Waals surface area (Å²) in [5, 5.41) is 23.9. The number of fused-ring (bicyclic) bond motifs is 6. The van der Waals surface area contributed by atoms with Crippen LogP contribution in [0.1, 0.15) is 61.0 Å². The Balaban J connectivity index is 1.23. The Morgan fingerprint density at radius 3 is 1.51 bits per heavy atom. The molecule has 0 amide bonds. The molecule has 0 radical (unpaired) electrons. The predicted molar refractivity (Wildman–Crippen MR) is 216 cm³/mol. The van der Waals surface area contributed by atoms with Crippen LogP contribution in [0.25, 0.3) is 0 Å². The van der Waals surface area contributed by atoms with E-state index in [0.29, 0.717) is 70.9 Å². The summed E-state index contributed by atoms with van der Waals surface area (Å²) in [7, 11) is 0. The van der Waals surface area contributed by atoms with E-state index in [2.05, 4.69) is 29.9 Å². The lowest BCUT2D eigenvalue weighted by atomic mass is 9.76. The van der Waals surface area contributed by atoms with Gasteiger partial charge < -0.3 is 19.7 Å². The van der Waals surface area contributed by atoms with Gasteiger partial charge >= 0.3 is 5.97 Å². The summed E-state index contributed by atoms with van der Waals surface area (Å²) in [6.45, 7) is 1.50. The molecule has 294 valence electrons. The summed E-state index contributed by atoms with van der Waals surface area (Å²) in [6, 6.07) is 21.5. The third-order valence-electron chi connectivity index (χ3n) is 10.3. The van der Waals surface area contributed by atoms with E-state index in [0.717, 1.165) is 11.4 Å². The van der Waals surface area contributed by atoms with Crippen molar-refractivity contribution in [3.05, 3.63) is 189 Å². The monoisotopic (exact) mass is 824 g/mol. The van der Waals surface area contributed by atoms with Gasteiger partial charge in [0.1, 0.15) is 23.0 Å². The van der Waals surface area contributed by atoms with Gasteiger partial charge in [-0.1, -0.05) is 53.5 Å². The van der Waals surface area contributed by atoms with Gasteiger partial charge in [-0.15, -0.1) is 0 Å². The van der Waals surface area contributed by atoms with Gasteiger partial charge in [-0.05, 0) is 42.5 Å². The number of carbonyl (C=O) groups excluding carboxylic acids is 1. The number of carbonyl (C=O) groups is 1. The molecule has 2 aliphatic heterocycles. The number of phenols is 2. The highest BCUT2D eigenvalue weighted by Gasteiger charge is 2.55. The molecule has 6 heterocycles. The largest absolute Gasteiger partial charge is 0.506 e. The van der Waals surface area contributed by atoms with Gasteiger partial charge in [-0.3, -0.25) is 39.7 Å². The fourth-order valence-corrected chi connectivity index (χ4v) is 8.22. The van der Waals surface area contributed by atoms with E-state index in [1.807, 2.05) is 58.3 Å². The van der Waals surface area contributed by atoms with Gasteiger partial charge in [0.15, 0.2) is 5.60 Å². The molecule has 0 bridgehead atoms. The molecule has 3 aromatic carbocycles. The fraction of sp³-hybridized carbons (Fsp3) is 0.159. The summed E-state index contributed by atoms with van der Waals surface area (Å²) in [4.78, 5) is 44.6. The summed E-state index contributed by atoms with van der Waals surface area (Å²) < 4.78 is 13.5. The predicted octanol–water partition coefficient (Wildman–Crippen LogP) is 7.75. The van der Waals surface area contributed by atoms with E-state index >= 15 is 0 Å². The lowest BCUT2D eigenvalue weighted by Crippen LogP contribution is -2.35. The normalized spacial score (nSPS) is 13.5. The molecule has 15 heteroatoms. The Bertz CT molecular complexity index is 2430. The highest BCUT2D eigenvalue weighted by Crippen LogP contribution is 2.61. The average molecular weight is 826 g/mol. The Kier molecular flexibility index (Phi) is 10.3. The van der Waals surface area contributed by atoms with Crippen LogP contribution in [-0.4, -0.2) is 55.9 Å². The Morgan fingerprint density at radius 2 is 1.03 bits per heavy atom. The van der Waals surface area contributed by atoms with Crippen molar-refractivity contribution < 1.29 is 24.5 Å². The van der Waals surface area contributed by atoms with Crippen LogP contribution in [0.3, 0.4) is 0 Å². The number of aromatic hydroxyl groups is 2. The first-order valence-corrected chi connectivity index (χ1v) is 19.4. The molecule has 0 fully saturated rings. The van der Waals surface area contributed by atoms with Crippen LogP contribution in [0.2, 0.25) is 10.0 Å².